The van der Waals surface area contributed by atoms with Crippen molar-refractivity contribution < 1.29 is 4.79 Å². The number of H-pyrrole nitrogens is 1. The average molecular weight is 194 g/mol. The van der Waals surface area contributed by atoms with Gasteiger partial charge in [-0.1, -0.05) is 0 Å². The molecular weight excluding hydrogens is 176 g/mol. The Morgan fingerprint density at radius 2 is 1.93 bits per heavy atom. The minimum absolute atomic E-state index is 0.0145. The van der Waals surface area contributed by atoms with Crippen LogP contribution in [0.25, 0.3) is 0 Å². The van der Waals surface area contributed by atoms with E-state index < -0.39 is 0 Å². The monoisotopic (exact) mass is 194 g/mol. The Labute approximate surface area is 84.9 Å². The van der Waals surface area contributed by atoms with Crippen LogP contribution in [-0.2, 0) is 0 Å². The molecule has 0 bridgehead atoms. The van der Waals surface area contributed by atoms with E-state index in [1.165, 1.54) is 0 Å². The summed E-state index contributed by atoms with van der Waals surface area (Å²) in [6.45, 7) is 9.77. The molecule has 0 atom stereocenters. The molecule has 0 radical (unpaired) electrons. The molecule has 0 unspecified atom stereocenters. The van der Waals surface area contributed by atoms with Crippen LogP contribution in [0.4, 0.5) is 0 Å². The lowest BCUT2D eigenvalue weighted by Crippen LogP contribution is -2.40. The van der Waals surface area contributed by atoms with Crippen LogP contribution in [-0.4, -0.2) is 16.4 Å². The van der Waals surface area contributed by atoms with Gasteiger partial charge in [-0.25, -0.2) is 0 Å². The van der Waals surface area contributed by atoms with Gasteiger partial charge in [0.1, 0.15) is 0 Å². The maximum atomic E-state index is 11.8. The Morgan fingerprint density at radius 3 is 2.29 bits per heavy atom. The van der Waals surface area contributed by atoms with Gasteiger partial charge in [-0.05, 0) is 40.7 Å². The standard InChI is InChI=1S/C11H18N2O/c1-7-6-9(8(2)12-7)10(14)13-11(3,4)5/h6,12H,1-5H3,(H,13,14). The van der Waals surface area contributed by atoms with Crippen LogP contribution in [0.3, 0.4) is 0 Å². The van der Waals surface area contributed by atoms with Crippen molar-refractivity contribution in [3.8, 4) is 0 Å². The highest BCUT2D eigenvalue weighted by Gasteiger charge is 2.17. The molecule has 1 rings (SSSR count). The predicted octanol–water partition coefficient (Wildman–Crippen LogP) is 2.16. The number of carbonyl (C=O) groups is 1. The van der Waals surface area contributed by atoms with E-state index >= 15 is 0 Å². The summed E-state index contributed by atoms with van der Waals surface area (Å²) in [7, 11) is 0. The van der Waals surface area contributed by atoms with Gasteiger partial charge in [-0.3, -0.25) is 4.79 Å². The molecule has 0 aromatic carbocycles. The molecular formula is C11H18N2O. The predicted molar refractivity (Wildman–Crippen MR) is 57.5 cm³/mol. The zero-order valence-corrected chi connectivity index (χ0v) is 9.49. The third-order valence-corrected chi connectivity index (χ3v) is 1.88. The normalized spacial score (nSPS) is 11.5. The topological polar surface area (TPSA) is 44.9 Å². The molecule has 0 fully saturated rings. The van der Waals surface area contributed by atoms with Gasteiger partial charge in [0.05, 0.1) is 5.56 Å². The summed E-state index contributed by atoms with van der Waals surface area (Å²) in [6, 6.07) is 1.87. The second-order valence-electron chi connectivity index (χ2n) is 4.70. The largest absolute Gasteiger partial charge is 0.362 e. The van der Waals surface area contributed by atoms with E-state index in [2.05, 4.69) is 10.3 Å². The van der Waals surface area contributed by atoms with Crippen LogP contribution >= 0.6 is 0 Å². The van der Waals surface area contributed by atoms with Gasteiger partial charge in [0, 0.05) is 16.9 Å². The van der Waals surface area contributed by atoms with E-state index in [4.69, 9.17) is 0 Å². The van der Waals surface area contributed by atoms with E-state index in [1.54, 1.807) is 0 Å². The molecule has 1 aromatic rings. The van der Waals surface area contributed by atoms with Crippen molar-refractivity contribution >= 4 is 5.91 Å². The molecule has 0 aliphatic heterocycles. The zero-order valence-electron chi connectivity index (χ0n) is 9.49. The van der Waals surface area contributed by atoms with Gasteiger partial charge in [0.2, 0.25) is 0 Å². The molecule has 1 heterocycles. The molecule has 1 amide bonds. The van der Waals surface area contributed by atoms with Crippen LogP contribution in [0.15, 0.2) is 6.07 Å². The fourth-order valence-corrected chi connectivity index (χ4v) is 1.37. The van der Waals surface area contributed by atoms with Crippen LogP contribution < -0.4 is 5.32 Å². The van der Waals surface area contributed by atoms with Crippen molar-refractivity contribution in [1.29, 1.82) is 0 Å². The minimum atomic E-state index is -0.186. The highest BCUT2D eigenvalue weighted by Crippen LogP contribution is 2.10. The van der Waals surface area contributed by atoms with Gasteiger partial charge < -0.3 is 10.3 Å². The SMILES string of the molecule is Cc1cc(C(=O)NC(C)(C)C)c(C)[nH]1. The number of carbonyl (C=O) groups excluding carboxylic acids is 1. The fourth-order valence-electron chi connectivity index (χ4n) is 1.37. The summed E-state index contributed by atoms with van der Waals surface area (Å²) in [5.41, 5.74) is 2.48. The number of aryl methyl sites for hydroxylation is 2. The van der Waals surface area contributed by atoms with Gasteiger partial charge >= 0.3 is 0 Å². The van der Waals surface area contributed by atoms with Crippen molar-refractivity contribution in [1.82, 2.24) is 10.3 Å². The maximum absolute atomic E-state index is 11.8. The molecule has 1 aromatic heterocycles. The molecule has 0 spiro atoms. The van der Waals surface area contributed by atoms with Gasteiger partial charge in [-0.15, -0.1) is 0 Å². The number of rotatable bonds is 1. The molecule has 3 nitrogen and oxygen atoms in total. The van der Waals surface area contributed by atoms with E-state index in [0.29, 0.717) is 0 Å². The third-order valence-electron chi connectivity index (χ3n) is 1.88. The Bertz CT molecular complexity index is 345. The fraction of sp³-hybridized carbons (Fsp3) is 0.545. The Morgan fingerprint density at radius 1 is 1.36 bits per heavy atom. The lowest BCUT2D eigenvalue weighted by Gasteiger charge is -2.20. The van der Waals surface area contributed by atoms with Crippen LogP contribution in [0.5, 0.6) is 0 Å². The highest BCUT2D eigenvalue weighted by atomic mass is 16.1. The first-order chi connectivity index (χ1) is 6.29. The number of nitrogens with one attached hydrogen (secondary N) is 2. The summed E-state index contributed by atoms with van der Waals surface area (Å²) in [4.78, 5) is 14.9. The summed E-state index contributed by atoms with van der Waals surface area (Å²) in [5, 5.41) is 2.93. The maximum Gasteiger partial charge on any atom is 0.253 e. The van der Waals surface area contributed by atoms with Gasteiger partial charge in [0.15, 0.2) is 0 Å². The Kier molecular flexibility index (Phi) is 2.69. The van der Waals surface area contributed by atoms with Crippen molar-refractivity contribution in [3.05, 3.63) is 23.0 Å². The molecule has 0 saturated heterocycles. The number of aromatic amines is 1. The molecule has 78 valence electrons. The number of amides is 1. The molecule has 0 aliphatic rings. The number of hydrogen-bond acceptors (Lipinski definition) is 1. The summed E-state index contributed by atoms with van der Waals surface area (Å²) in [5.74, 6) is -0.0145. The average Bonchev–Trinajstić information content (AvgIpc) is 2.26. The first-order valence-electron chi connectivity index (χ1n) is 4.78. The van der Waals surface area contributed by atoms with Gasteiger partial charge in [-0.2, -0.15) is 0 Å². The molecule has 0 saturated carbocycles. The second-order valence-corrected chi connectivity index (χ2v) is 4.70. The van der Waals surface area contributed by atoms with E-state index in [-0.39, 0.29) is 11.4 Å². The van der Waals surface area contributed by atoms with Gasteiger partial charge in [0.25, 0.3) is 5.91 Å². The Balaban J connectivity index is 2.85. The first kappa shape index (κ1) is 10.8. The number of hydrogen-bond donors (Lipinski definition) is 2. The van der Waals surface area contributed by atoms with E-state index in [1.807, 2.05) is 40.7 Å². The van der Waals surface area contributed by atoms with Crippen molar-refractivity contribution in [2.45, 2.75) is 40.2 Å². The van der Waals surface area contributed by atoms with E-state index in [0.717, 1.165) is 17.0 Å². The van der Waals surface area contributed by atoms with Crippen LogP contribution in [0, 0.1) is 13.8 Å². The molecule has 0 aliphatic carbocycles. The van der Waals surface area contributed by atoms with Crippen molar-refractivity contribution in [3.63, 3.8) is 0 Å². The summed E-state index contributed by atoms with van der Waals surface area (Å²) >= 11 is 0. The lowest BCUT2D eigenvalue weighted by atomic mass is 10.1. The minimum Gasteiger partial charge on any atom is -0.362 e. The summed E-state index contributed by atoms with van der Waals surface area (Å²) in [6.07, 6.45) is 0. The second kappa shape index (κ2) is 3.48. The quantitative estimate of drug-likeness (QED) is 0.707. The van der Waals surface area contributed by atoms with E-state index in [9.17, 15) is 4.79 Å². The molecule has 3 heteroatoms. The smallest absolute Gasteiger partial charge is 0.253 e. The van der Waals surface area contributed by atoms with Crippen LogP contribution in [0.1, 0.15) is 42.5 Å². The first-order valence-corrected chi connectivity index (χ1v) is 4.78. The Hall–Kier alpha value is -1.25. The lowest BCUT2D eigenvalue weighted by molar-refractivity contribution is 0.0919. The number of aromatic nitrogens is 1. The molecule has 14 heavy (non-hydrogen) atoms. The summed E-state index contributed by atoms with van der Waals surface area (Å²) < 4.78 is 0. The van der Waals surface area contributed by atoms with Crippen LogP contribution in [0.2, 0.25) is 0 Å². The zero-order chi connectivity index (χ0) is 10.9. The van der Waals surface area contributed by atoms with Crippen molar-refractivity contribution in [2.24, 2.45) is 0 Å². The van der Waals surface area contributed by atoms with Crippen molar-refractivity contribution in [2.75, 3.05) is 0 Å². The molecule has 2 N–H and O–H groups in total. The third kappa shape index (κ3) is 2.62. The highest BCUT2D eigenvalue weighted by molar-refractivity contribution is 5.96.